The second kappa shape index (κ2) is 11.9. The molecule has 36 heavy (non-hydrogen) atoms. The van der Waals surface area contributed by atoms with Gasteiger partial charge in [0.25, 0.3) is 0 Å². The number of hydroxylamine groups is 2. The van der Waals surface area contributed by atoms with Crippen LogP contribution in [0.15, 0.2) is 30.3 Å². The van der Waals surface area contributed by atoms with Crippen LogP contribution >= 0.6 is 0 Å². The van der Waals surface area contributed by atoms with Gasteiger partial charge in [-0.15, -0.1) is 0 Å². The van der Waals surface area contributed by atoms with Crippen molar-refractivity contribution >= 4 is 33.4 Å². The molecule has 2 heterocycles. The van der Waals surface area contributed by atoms with Crippen LogP contribution in [0.5, 0.6) is 0 Å². The first-order chi connectivity index (χ1) is 17.0. The minimum absolute atomic E-state index is 0.0697. The van der Waals surface area contributed by atoms with Gasteiger partial charge in [-0.25, -0.2) is 18.3 Å². The van der Waals surface area contributed by atoms with Crippen molar-refractivity contribution in [2.45, 2.75) is 62.6 Å². The Hall–Kier alpha value is -2.83. The quantitative estimate of drug-likeness (QED) is 0.308. The molecule has 0 spiro atoms. The highest BCUT2D eigenvalue weighted by Crippen LogP contribution is 2.26. The van der Waals surface area contributed by atoms with E-state index in [0.717, 1.165) is 16.9 Å². The number of aryl methyl sites for hydroxylation is 1. The number of carboxylic acid groups (broad SMARTS) is 1. The van der Waals surface area contributed by atoms with Gasteiger partial charge < -0.3 is 15.7 Å². The molecule has 3 atom stereocenters. The molecule has 3 rings (SSSR count). The smallest absolute Gasteiger partial charge is 0.329 e. The third kappa shape index (κ3) is 7.34. The van der Waals surface area contributed by atoms with E-state index in [1.165, 1.54) is 0 Å². The molecule has 0 aliphatic carbocycles. The fourth-order valence-corrected chi connectivity index (χ4v) is 5.19. The van der Waals surface area contributed by atoms with Crippen LogP contribution in [0.3, 0.4) is 0 Å². The highest BCUT2D eigenvalue weighted by Gasteiger charge is 2.47. The maximum Gasteiger partial charge on any atom is 0.329 e. The molecule has 3 N–H and O–H groups in total. The van der Waals surface area contributed by atoms with E-state index in [2.05, 4.69) is 10.6 Å². The zero-order valence-electron chi connectivity index (χ0n) is 20.3. The van der Waals surface area contributed by atoms with Crippen molar-refractivity contribution in [3.05, 3.63) is 35.9 Å². The van der Waals surface area contributed by atoms with Crippen LogP contribution in [0.25, 0.3) is 0 Å². The standard InChI is InChI=1S/C24H33N3O8S/c1-36(33,34)15-12-19(23(31)32)27(21(29)11-8-17-6-3-2-4-7-17)35-16-24(13-5-14-25-24)22(30)18-9-10-20(28)26-18/h2-4,6-7,18-19,25H,5,8-16H2,1H3,(H,26,28)(H,31,32)/t18-,19-,24-/m0/s1. The number of carboxylic acids is 1. The van der Waals surface area contributed by atoms with E-state index >= 15 is 0 Å². The summed E-state index contributed by atoms with van der Waals surface area (Å²) in [6, 6.07) is 6.92. The second-order valence-electron chi connectivity index (χ2n) is 9.39. The van der Waals surface area contributed by atoms with Crippen LogP contribution in [0.2, 0.25) is 0 Å². The molecule has 2 saturated heterocycles. The Morgan fingerprint density at radius 2 is 1.97 bits per heavy atom. The molecule has 1 aromatic carbocycles. The summed E-state index contributed by atoms with van der Waals surface area (Å²) in [5.41, 5.74) is -0.324. The second-order valence-corrected chi connectivity index (χ2v) is 11.6. The summed E-state index contributed by atoms with van der Waals surface area (Å²) in [4.78, 5) is 56.0. The lowest BCUT2D eigenvalue weighted by Crippen LogP contribution is -2.59. The number of nitrogens with one attached hydrogen (secondary N) is 2. The van der Waals surface area contributed by atoms with Crippen molar-refractivity contribution in [3.8, 4) is 0 Å². The van der Waals surface area contributed by atoms with E-state index in [1.54, 1.807) is 0 Å². The highest BCUT2D eigenvalue weighted by atomic mass is 32.2. The number of aliphatic carboxylic acids is 1. The molecule has 0 unspecified atom stereocenters. The Bertz CT molecular complexity index is 1070. The molecule has 0 bridgehead atoms. The third-order valence-electron chi connectivity index (χ3n) is 6.52. The lowest BCUT2D eigenvalue weighted by molar-refractivity contribution is -0.213. The molecule has 12 heteroatoms. The summed E-state index contributed by atoms with van der Waals surface area (Å²) in [6.07, 6.45) is 2.53. The van der Waals surface area contributed by atoms with Gasteiger partial charge in [0.15, 0.2) is 11.8 Å². The predicted molar refractivity (Wildman–Crippen MR) is 129 cm³/mol. The fraction of sp³-hybridized carbons (Fsp3) is 0.583. The molecule has 2 aliphatic heterocycles. The monoisotopic (exact) mass is 523 g/mol. The van der Waals surface area contributed by atoms with E-state index < -0.39 is 45.1 Å². The van der Waals surface area contributed by atoms with E-state index in [0.29, 0.717) is 32.2 Å². The molecule has 0 saturated carbocycles. The van der Waals surface area contributed by atoms with Crippen LogP contribution in [-0.2, 0) is 40.3 Å². The van der Waals surface area contributed by atoms with Gasteiger partial charge in [-0.05, 0) is 44.2 Å². The topological polar surface area (TPSA) is 159 Å². The number of Topliss-reactive ketones (excluding diaryl/α,β-unsaturated/α-hetero) is 1. The predicted octanol–water partition coefficient (Wildman–Crippen LogP) is 0.237. The lowest BCUT2D eigenvalue weighted by atomic mass is 9.88. The Balaban J connectivity index is 1.80. The Labute approximate surface area is 210 Å². The normalized spacial score (nSPS) is 22.7. The van der Waals surface area contributed by atoms with E-state index in [1.807, 2.05) is 30.3 Å². The number of carbonyl (C=O) groups excluding carboxylic acids is 3. The highest BCUT2D eigenvalue weighted by molar-refractivity contribution is 7.90. The van der Waals surface area contributed by atoms with E-state index in [4.69, 9.17) is 4.84 Å². The molecule has 2 amide bonds. The summed E-state index contributed by atoms with van der Waals surface area (Å²) in [7, 11) is -3.50. The average molecular weight is 524 g/mol. The average Bonchev–Trinajstić information content (AvgIpc) is 3.48. The number of rotatable bonds is 13. The first kappa shape index (κ1) is 27.8. The van der Waals surface area contributed by atoms with Gasteiger partial charge in [0.1, 0.15) is 22.0 Å². The van der Waals surface area contributed by atoms with Crippen molar-refractivity contribution in [1.29, 1.82) is 0 Å². The third-order valence-corrected chi connectivity index (χ3v) is 7.50. The number of amides is 2. The first-order valence-corrected chi connectivity index (χ1v) is 14.0. The minimum atomic E-state index is -3.50. The van der Waals surface area contributed by atoms with E-state index in [-0.39, 0.29) is 37.6 Å². The molecular formula is C24H33N3O8S. The Morgan fingerprint density at radius 1 is 1.25 bits per heavy atom. The van der Waals surface area contributed by atoms with Crippen molar-refractivity contribution in [2.24, 2.45) is 0 Å². The van der Waals surface area contributed by atoms with Gasteiger partial charge >= 0.3 is 5.97 Å². The Morgan fingerprint density at radius 3 is 2.53 bits per heavy atom. The summed E-state index contributed by atoms with van der Waals surface area (Å²) >= 11 is 0. The number of carbonyl (C=O) groups is 4. The van der Waals surface area contributed by atoms with Gasteiger partial charge in [-0.1, -0.05) is 30.3 Å². The molecule has 2 aliphatic rings. The number of sulfone groups is 1. The van der Waals surface area contributed by atoms with Crippen LogP contribution in [0, 0.1) is 0 Å². The number of hydrogen-bond acceptors (Lipinski definition) is 8. The van der Waals surface area contributed by atoms with Gasteiger partial charge in [0.05, 0.1) is 11.8 Å². The zero-order chi connectivity index (χ0) is 26.3. The maximum absolute atomic E-state index is 13.3. The van der Waals surface area contributed by atoms with Gasteiger partial charge in [0, 0.05) is 19.1 Å². The number of nitrogens with zero attached hydrogens (tertiary/aromatic N) is 1. The molecule has 1 aromatic rings. The fourth-order valence-electron chi connectivity index (χ4n) is 4.54. The van der Waals surface area contributed by atoms with E-state index in [9.17, 15) is 32.7 Å². The van der Waals surface area contributed by atoms with Crippen LogP contribution in [0.4, 0.5) is 0 Å². The maximum atomic E-state index is 13.3. The molecule has 11 nitrogen and oxygen atoms in total. The van der Waals surface area contributed by atoms with Crippen LogP contribution < -0.4 is 10.6 Å². The molecule has 198 valence electrons. The summed E-state index contributed by atoms with van der Waals surface area (Å²) in [5, 5.41) is 16.4. The number of ketones is 1. The lowest BCUT2D eigenvalue weighted by Gasteiger charge is -2.34. The summed E-state index contributed by atoms with van der Waals surface area (Å²) in [6.45, 7) is 0.200. The van der Waals surface area contributed by atoms with Crippen molar-refractivity contribution in [1.82, 2.24) is 15.7 Å². The molecule has 0 aromatic heterocycles. The van der Waals surface area contributed by atoms with Crippen molar-refractivity contribution in [3.63, 3.8) is 0 Å². The van der Waals surface area contributed by atoms with Crippen molar-refractivity contribution < 1.29 is 37.5 Å². The van der Waals surface area contributed by atoms with Crippen LogP contribution in [0.1, 0.15) is 44.1 Å². The SMILES string of the molecule is CS(=O)(=O)CC[C@@H](C(=O)O)N(OC[C@]1(C(=O)[C@@H]2CCC(=O)N2)CCCN1)C(=O)CCc1ccccc1. The largest absolute Gasteiger partial charge is 0.480 e. The van der Waals surface area contributed by atoms with Gasteiger partial charge in [0.2, 0.25) is 11.8 Å². The number of benzene rings is 1. The minimum Gasteiger partial charge on any atom is -0.480 e. The first-order valence-electron chi connectivity index (χ1n) is 12.0. The van der Waals surface area contributed by atoms with Crippen molar-refractivity contribution in [2.75, 3.05) is 25.2 Å². The van der Waals surface area contributed by atoms with Gasteiger partial charge in [-0.2, -0.15) is 0 Å². The molecule has 0 radical (unpaired) electrons. The Kier molecular flexibility index (Phi) is 9.20. The summed E-state index contributed by atoms with van der Waals surface area (Å²) < 4.78 is 23.4. The molecule has 2 fully saturated rings. The zero-order valence-corrected chi connectivity index (χ0v) is 21.1. The molecular weight excluding hydrogens is 490 g/mol. The van der Waals surface area contributed by atoms with Gasteiger partial charge in [-0.3, -0.25) is 19.2 Å². The van der Waals surface area contributed by atoms with Crippen LogP contribution in [-0.4, -0.2) is 84.9 Å². The summed E-state index contributed by atoms with van der Waals surface area (Å²) in [5.74, 6) is -2.98. The number of hydrogen-bond donors (Lipinski definition) is 3.